The summed E-state index contributed by atoms with van der Waals surface area (Å²) in [7, 11) is 1.63. The monoisotopic (exact) mass is 358 g/mol. The Morgan fingerprint density at radius 2 is 2.04 bits per heavy atom. The number of carbonyl (C=O) groups excluding carboxylic acids is 1. The number of amides is 1. The van der Waals surface area contributed by atoms with Gasteiger partial charge in [0.2, 0.25) is 11.7 Å². The van der Waals surface area contributed by atoms with Crippen LogP contribution in [-0.4, -0.2) is 42.3 Å². The lowest BCUT2D eigenvalue weighted by Crippen LogP contribution is -2.43. The standard InChI is InChI=1S/C19H26N4O3/c1-4-13(2)20-18(24)15-9-11-23(12-10-15)19-21-17(22-26-19)14-5-7-16(25-3)8-6-14/h5-8,13,15H,4,9-12H2,1-3H3,(H,20,24)/t13-/m0/s1. The second-order valence-corrected chi connectivity index (χ2v) is 6.71. The van der Waals surface area contributed by atoms with Crippen molar-refractivity contribution in [3.05, 3.63) is 24.3 Å². The molecule has 0 radical (unpaired) electrons. The van der Waals surface area contributed by atoms with Crippen molar-refractivity contribution in [2.24, 2.45) is 5.92 Å². The number of hydrogen-bond acceptors (Lipinski definition) is 6. The Kier molecular flexibility index (Phi) is 5.75. The van der Waals surface area contributed by atoms with Gasteiger partial charge in [-0.15, -0.1) is 0 Å². The van der Waals surface area contributed by atoms with Gasteiger partial charge in [-0.2, -0.15) is 4.98 Å². The van der Waals surface area contributed by atoms with Crippen LogP contribution in [-0.2, 0) is 4.79 Å². The summed E-state index contributed by atoms with van der Waals surface area (Å²) < 4.78 is 10.6. The highest BCUT2D eigenvalue weighted by Gasteiger charge is 2.28. The Morgan fingerprint density at radius 1 is 1.35 bits per heavy atom. The summed E-state index contributed by atoms with van der Waals surface area (Å²) in [6, 6.07) is 8.28. The molecule has 1 saturated heterocycles. The summed E-state index contributed by atoms with van der Waals surface area (Å²) in [5.41, 5.74) is 0.878. The third-order valence-corrected chi connectivity index (χ3v) is 4.90. The van der Waals surface area contributed by atoms with Crippen LogP contribution < -0.4 is 15.0 Å². The van der Waals surface area contributed by atoms with Crippen molar-refractivity contribution >= 4 is 11.9 Å². The first kappa shape index (κ1) is 18.2. The van der Waals surface area contributed by atoms with Crippen molar-refractivity contribution in [3.63, 3.8) is 0 Å². The molecule has 1 aromatic heterocycles. The average Bonchev–Trinajstić information content (AvgIpc) is 3.18. The molecule has 1 aliphatic heterocycles. The fourth-order valence-corrected chi connectivity index (χ4v) is 3.00. The molecule has 7 nitrogen and oxygen atoms in total. The number of hydrogen-bond donors (Lipinski definition) is 1. The van der Waals surface area contributed by atoms with Gasteiger partial charge in [0, 0.05) is 30.6 Å². The number of nitrogens with zero attached hydrogens (tertiary/aromatic N) is 3. The van der Waals surface area contributed by atoms with Crippen LogP contribution >= 0.6 is 0 Å². The average molecular weight is 358 g/mol. The van der Waals surface area contributed by atoms with Crippen LogP contribution in [0.25, 0.3) is 11.4 Å². The molecule has 1 amide bonds. The molecular formula is C19H26N4O3. The van der Waals surface area contributed by atoms with Gasteiger partial charge >= 0.3 is 6.01 Å². The molecule has 0 bridgehead atoms. The lowest BCUT2D eigenvalue weighted by atomic mass is 9.96. The Balaban J connectivity index is 1.58. The van der Waals surface area contributed by atoms with E-state index in [-0.39, 0.29) is 17.9 Å². The minimum Gasteiger partial charge on any atom is -0.497 e. The van der Waals surface area contributed by atoms with E-state index < -0.39 is 0 Å². The highest BCUT2D eigenvalue weighted by molar-refractivity contribution is 5.79. The fourth-order valence-electron chi connectivity index (χ4n) is 3.00. The molecule has 1 N–H and O–H groups in total. The maximum Gasteiger partial charge on any atom is 0.324 e. The Labute approximate surface area is 153 Å². The molecule has 3 rings (SSSR count). The fraction of sp³-hybridized carbons (Fsp3) is 0.526. The van der Waals surface area contributed by atoms with E-state index in [2.05, 4.69) is 22.4 Å². The van der Waals surface area contributed by atoms with Crippen molar-refractivity contribution in [2.75, 3.05) is 25.1 Å². The lowest BCUT2D eigenvalue weighted by molar-refractivity contribution is -0.126. The summed E-state index contributed by atoms with van der Waals surface area (Å²) in [6.45, 7) is 5.58. The molecule has 0 unspecified atom stereocenters. The number of methoxy groups -OCH3 is 1. The summed E-state index contributed by atoms with van der Waals surface area (Å²) in [5.74, 6) is 1.56. The summed E-state index contributed by atoms with van der Waals surface area (Å²) in [6.07, 6.45) is 2.53. The Morgan fingerprint density at radius 3 is 2.65 bits per heavy atom. The molecule has 0 spiro atoms. The van der Waals surface area contributed by atoms with E-state index in [0.29, 0.717) is 11.8 Å². The van der Waals surface area contributed by atoms with Crippen molar-refractivity contribution < 1.29 is 14.1 Å². The summed E-state index contributed by atoms with van der Waals surface area (Å²) in [5, 5.41) is 7.14. The smallest absolute Gasteiger partial charge is 0.324 e. The molecule has 2 heterocycles. The van der Waals surface area contributed by atoms with E-state index in [9.17, 15) is 4.79 Å². The number of aromatic nitrogens is 2. The molecule has 1 aliphatic rings. The Hall–Kier alpha value is -2.57. The van der Waals surface area contributed by atoms with Crippen LogP contribution in [0.2, 0.25) is 0 Å². The first-order chi connectivity index (χ1) is 12.6. The highest BCUT2D eigenvalue weighted by atomic mass is 16.5. The molecule has 26 heavy (non-hydrogen) atoms. The number of piperidine rings is 1. The number of ether oxygens (including phenoxy) is 1. The number of anilines is 1. The minimum atomic E-state index is 0.0595. The highest BCUT2D eigenvalue weighted by Crippen LogP contribution is 2.26. The van der Waals surface area contributed by atoms with E-state index in [1.54, 1.807) is 7.11 Å². The SMILES string of the molecule is CC[C@H](C)NC(=O)C1CCN(c2nc(-c3ccc(OC)cc3)no2)CC1. The zero-order valence-corrected chi connectivity index (χ0v) is 15.6. The predicted octanol–water partition coefficient (Wildman–Crippen LogP) is 2.88. The van der Waals surface area contributed by atoms with Crippen molar-refractivity contribution in [1.29, 1.82) is 0 Å². The van der Waals surface area contributed by atoms with Crippen LogP contribution in [0.4, 0.5) is 6.01 Å². The molecule has 1 atom stereocenters. The third kappa shape index (κ3) is 4.15. The van der Waals surface area contributed by atoms with Gasteiger partial charge in [0.15, 0.2) is 0 Å². The molecule has 2 aromatic rings. The largest absolute Gasteiger partial charge is 0.497 e. The van der Waals surface area contributed by atoms with Gasteiger partial charge in [-0.25, -0.2) is 0 Å². The van der Waals surface area contributed by atoms with Gasteiger partial charge in [-0.05, 0) is 50.5 Å². The van der Waals surface area contributed by atoms with Gasteiger partial charge in [-0.3, -0.25) is 4.79 Å². The van der Waals surface area contributed by atoms with Crippen LogP contribution in [0.5, 0.6) is 5.75 Å². The van der Waals surface area contributed by atoms with Gasteiger partial charge in [0.1, 0.15) is 5.75 Å². The van der Waals surface area contributed by atoms with Crippen molar-refractivity contribution in [1.82, 2.24) is 15.5 Å². The second-order valence-electron chi connectivity index (χ2n) is 6.71. The maximum absolute atomic E-state index is 12.3. The number of benzene rings is 1. The topological polar surface area (TPSA) is 80.5 Å². The van der Waals surface area contributed by atoms with Crippen molar-refractivity contribution in [3.8, 4) is 17.1 Å². The minimum absolute atomic E-state index is 0.0595. The van der Waals surface area contributed by atoms with E-state index >= 15 is 0 Å². The zero-order chi connectivity index (χ0) is 18.5. The van der Waals surface area contributed by atoms with Crippen LogP contribution in [0.15, 0.2) is 28.8 Å². The molecular weight excluding hydrogens is 332 g/mol. The van der Waals surface area contributed by atoms with E-state index in [0.717, 1.165) is 43.7 Å². The number of nitrogens with one attached hydrogen (secondary N) is 1. The van der Waals surface area contributed by atoms with E-state index in [4.69, 9.17) is 9.26 Å². The summed E-state index contributed by atoms with van der Waals surface area (Å²) in [4.78, 5) is 18.8. The van der Waals surface area contributed by atoms with E-state index in [1.807, 2.05) is 36.1 Å². The molecule has 7 heteroatoms. The second kappa shape index (κ2) is 8.21. The summed E-state index contributed by atoms with van der Waals surface area (Å²) >= 11 is 0. The quantitative estimate of drug-likeness (QED) is 0.855. The molecule has 1 aromatic carbocycles. The number of carbonyl (C=O) groups is 1. The van der Waals surface area contributed by atoms with Gasteiger partial charge in [0.25, 0.3) is 0 Å². The van der Waals surface area contributed by atoms with Crippen LogP contribution in [0.3, 0.4) is 0 Å². The third-order valence-electron chi connectivity index (χ3n) is 4.90. The van der Waals surface area contributed by atoms with Crippen LogP contribution in [0.1, 0.15) is 33.1 Å². The first-order valence-electron chi connectivity index (χ1n) is 9.14. The molecule has 0 saturated carbocycles. The Bertz CT molecular complexity index is 721. The van der Waals surface area contributed by atoms with Gasteiger partial charge in [0.05, 0.1) is 7.11 Å². The van der Waals surface area contributed by atoms with Gasteiger partial charge < -0.3 is 19.5 Å². The normalized spacial score (nSPS) is 16.3. The molecule has 140 valence electrons. The van der Waals surface area contributed by atoms with E-state index in [1.165, 1.54) is 0 Å². The number of rotatable bonds is 6. The first-order valence-corrected chi connectivity index (χ1v) is 9.14. The zero-order valence-electron chi connectivity index (χ0n) is 15.6. The van der Waals surface area contributed by atoms with Crippen LogP contribution in [0, 0.1) is 5.92 Å². The molecule has 0 aliphatic carbocycles. The lowest BCUT2D eigenvalue weighted by Gasteiger charge is -2.30. The predicted molar refractivity (Wildman–Crippen MR) is 99.1 cm³/mol. The molecule has 1 fully saturated rings. The maximum atomic E-state index is 12.3. The van der Waals surface area contributed by atoms with Crippen molar-refractivity contribution in [2.45, 2.75) is 39.2 Å². The van der Waals surface area contributed by atoms with Gasteiger partial charge in [-0.1, -0.05) is 12.1 Å².